The SMILES string of the molecule is COc1ccc(S(=O)(=O)Nc2ccc(S(=O)(=O)Nc3cc(Cl)ccc3C)cc2)c(Cl)c1Cl. The van der Waals surface area contributed by atoms with Gasteiger partial charge in [-0.3, -0.25) is 9.44 Å². The molecule has 3 aromatic rings. The molecule has 0 saturated carbocycles. The monoisotopic (exact) mass is 534 g/mol. The van der Waals surface area contributed by atoms with E-state index in [1.54, 1.807) is 19.1 Å². The van der Waals surface area contributed by atoms with Gasteiger partial charge in [0.25, 0.3) is 20.0 Å². The molecule has 0 atom stereocenters. The first-order chi connectivity index (χ1) is 14.9. The van der Waals surface area contributed by atoms with Crippen molar-refractivity contribution in [2.75, 3.05) is 16.6 Å². The van der Waals surface area contributed by atoms with Crippen LogP contribution in [0.2, 0.25) is 15.1 Å². The van der Waals surface area contributed by atoms with Crippen LogP contribution in [0.5, 0.6) is 5.75 Å². The van der Waals surface area contributed by atoms with Crippen LogP contribution in [-0.4, -0.2) is 23.9 Å². The second kappa shape index (κ2) is 9.36. The maximum absolute atomic E-state index is 12.7. The normalized spacial score (nSPS) is 11.8. The molecule has 2 N–H and O–H groups in total. The van der Waals surface area contributed by atoms with Gasteiger partial charge in [0.2, 0.25) is 0 Å². The van der Waals surface area contributed by atoms with Crippen LogP contribution in [0.4, 0.5) is 11.4 Å². The van der Waals surface area contributed by atoms with Crippen LogP contribution in [0.15, 0.2) is 64.4 Å². The topological polar surface area (TPSA) is 102 Å². The zero-order valence-corrected chi connectivity index (χ0v) is 20.6. The lowest BCUT2D eigenvalue weighted by atomic mass is 10.2. The van der Waals surface area contributed by atoms with Crippen LogP contribution in [-0.2, 0) is 20.0 Å². The Bertz CT molecular complexity index is 1380. The number of halogens is 3. The second-order valence-corrected chi connectivity index (χ2v) is 11.1. The zero-order chi connectivity index (χ0) is 23.7. The standard InChI is InChI=1S/C20H17Cl3N2O5S2/c1-12-3-4-13(21)11-16(12)25-31(26,27)15-7-5-14(6-8-15)24-32(28,29)18-10-9-17(30-2)19(22)20(18)23/h3-11,24-25H,1-2H3. The Kier molecular flexibility index (Phi) is 7.16. The molecule has 3 aromatic carbocycles. The number of aryl methyl sites for hydroxylation is 1. The molecule has 0 unspecified atom stereocenters. The molecule has 0 heterocycles. The van der Waals surface area contributed by atoms with E-state index >= 15 is 0 Å². The fraction of sp³-hybridized carbons (Fsp3) is 0.100. The van der Waals surface area contributed by atoms with Crippen LogP contribution >= 0.6 is 34.8 Å². The van der Waals surface area contributed by atoms with Gasteiger partial charge in [0.15, 0.2) is 0 Å². The molecule has 0 aromatic heterocycles. The van der Waals surface area contributed by atoms with Crippen molar-refractivity contribution in [2.24, 2.45) is 0 Å². The van der Waals surface area contributed by atoms with E-state index in [0.29, 0.717) is 16.3 Å². The summed E-state index contributed by atoms with van der Waals surface area (Å²) in [5.74, 6) is 0.229. The number of benzene rings is 3. The number of sulfonamides is 2. The average Bonchev–Trinajstić information content (AvgIpc) is 2.72. The van der Waals surface area contributed by atoms with E-state index in [9.17, 15) is 16.8 Å². The maximum atomic E-state index is 12.7. The van der Waals surface area contributed by atoms with Gasteiger partial charge in [-0.15, -0.1) is 0 Å². The zero-order valence-electron chi connectivity index (χ0n) is 16.7. The lowest BCUT2D eigenvalue weighted by molar-refractivity contribution is 0.414. The molecule has 7 nitrogen and oxygen atoms in total. The van der Waals surface area contributed by atoms with Crippen molar-refractivity contribution in [1.29, 1.82) is 0 Å². The van der Waals surface area contributed by atoms with E-state index in [1.165, 1.54) is 49.6 Å². The van der Waals surface area contributed by atoms with E-state index in [2.05, 4.69) is 9.44 Å². The highest BCUT2D eigenvalue weighted by Gasteiger charge is 2.23. The minimum Gasteiger partial charge on any atom is -0.495 e. The molecule has 3 rings (SSSR count). The van der Waals surface area contributed by atoms with Gasteiger partial charge in [-0.25, -0.2) is 16.8 Å². The Morgan fingerprint density at radius 1 is 0.781 bits per heavy atom. The van der Waals surface area contributed by atoms with Gasteiger partial charge >= 0.3 is 0 Å². The number of nitrogens with one attached hydrogen (secondary N) is 2. The maximum Gasteiger partial charge on any atom is 0.263 e. The number of hydrogen-bond acceptors (Lipinski definition) is 5. The fourth-order valence-electron chi connectivity index (χ4n) is 2.70. The molecule has 0 fully saturated rings. The first kappa shape index (κ1) is 24.5. The molecule has 0 amide bonds. The highest BCUT2D eigenvalue weighted by Crippen LogP contribution is 2.37. The summed E-state index contributed by atoms with van der Waals surface area (Å²) in [6.07, 6.45) is 0. The minimum atomic E-state index is -4.10. The van der Waals surface area contributed by atoms with Gasteiger partial charge in [-0.1, -0.05) is 40.9 Å². The largest absolute Gasteiger partial charge is 0.495 e. The molecule has 0 bridgehead atoms. The van der Waals surface area contributed by atoms with Crippen LogP contribution in [0, 0.1) is 6.92 Å². The Hall–Kier alpha value is -2.17. The van der Waals surface area contributed by atoms with Crippen molar-refractivity contribution >= 4 is 66.2 Å². The fourth-order valence-corrected chi connectivity index (χ4v) is 5.89. The van der Waals surface area contributed by atoms with E-state index in [1.807, 2.05) is 0 Å². The lowest BCUT2D eigenvalue weighted by Crippen LogP contribution is -2.15. The summed E-state index contributed by atoms with van der Waals surface area (Å²) in [5.41, 5.74) is 1.16. The van der Waals surface area contributed by atoms with Crippen molar-refractivity contribution in [1.82, 2.24) is 0 Å². The van der Waals surface area contributed by atoms with Gasteiger partial charge in [-0.05, 0) is 61.0 Å². The molecular weight excluding hydrogens is 519 g/mol. The van der Waals surface area contributed by atoms with Gasteiger partial charge in [0, 0.05) is 10.7 Å². The van der Waals surface area contributed by atoms with Crippen molar-refractivity contribution in [2.45, 2.75) is 16.7 Å². The van der Waals surface area contributed by atoms with Gasteiger partial charge in [-0.2, -0.15) is 0 Å². The summed E-state index contributed by atoms with van der Waals surface area (Å²) in [4.78, 5) is -0.315. The Labute approximate surface area is 201 Å². The van der Waals surface area contributed by atoms with E-state index < -0.39 is 20.0 Å². The highest BCUT2D eigenvalue weighted by atomic mass is 35.5. The molecule has 32 heavy (non-hydrogen) atoms. The molecule has 170 valence electrons. The first-order valence-electron chi connectivity index (χ1n) is 8.88. The minimum absolute atomic E-state index is 0.0409. The van der Waals surface area contributed by atoms with E-state index in [4.69, 9.17) is 39.5 Å². The summed E-state index contributed by atoms with van der Waals surface area (Å²) in [5, 5.41) is 0.148. The number of ether oxygens (including phenoxy) is 1. The molecule has 0 radical (unpaired) electrons. The Balaban J connectivity index is 1.84. The van der Waals surface area contributed by atoms with Crippen molar-refractivity contribution in [3.63, 3.8) is 0 Å². The summed E-state index contributed by atoms with van der Waals surface area (Å²) in [7, 11) is -6.65. The van der Waals surface area contributed by atoms with Crippen LogP contribution in [0.1, 0.15) is 5.56 Å². The smallest absolute Gasteiger partial charge is 0.263 e. The van der Waals surface area contributed by atoms with Crippen LogP contribution < -0.4 is 14.2 Å². The quantitative estimate of drug-likeness (QED) is 0.412. The molecule has 0 aliphatic heterocycles. The summed E-state index contributed by atoms with van der Waals surface area (Å²) >= 11 is 18.1. The highest BCUT2D eigenvalue weighted by molar-refractivity contribution is 7.93. The van der Waals surface area contributed by atoms with Crippen LogP contribution in [0.25, 0.3) is 0 Å². The summed E-state index contributed by atoms with van der Waals surface area (Å²) < 4.78 is 60.7. The van der Waals surface area contributed by atoms with Crippen molar-refractivity contribution < 1.29 is 21.6 Å². The number of methoxy groups -OCH3 is 1. The molecule has 0 spiro atoms. The predicted molar refractivity (Wildman–Crippen MR) is 127 cm³/mol. The van der Waals surface area contributed by atoms with Crippen molar-refractivity contribution in [3.05, 3.63) is 75.2 Å². The second-order valence-electron chi connectivity index (χ2n) is 6.59. The lowest BCUT2D eigenvalue weighted by Gasteiger charge is -2.13. The third-order valence-corrected chi connectivity index (χ3v) is 8.40. The third kappa shape index (κ3) is 5.24. The summed E-state index contributed by atoms with van der Waals surface area (Å²) in [6, 6.07) is 12.6. The Morgan fingerprint density at radius 2 is 1.44 bits per heavy atom. The van der Waals surface area contributed by atoms with E-state index in [-0.39, 0.29) is 31.3 Å². The first-order valence-corrected chi connectivity index (χ1v) is 13.0. The molecule has 12 heteroatoms. The third-order valence-electron chi connectivity index (χ3n) is 4.38. The van der Waals surface area contributed by atoms with Crippen molar-refractivity contribution in [3.8, 4) is 5.75 Å². The van der Waals surface area contributed by atoms with Gasteiger partial charge in [0.1, 0.15) is 15.7 Å². The molecule has 0 saturated heterocycles. The van der Waals surface area contributed by atoms with Crippen LogP contribution in [0.3, 0.4) is 0 Å². The van der Waals surface area contributed by atoms with Gasteiger partial charge < -0.3 is 4.74 Å². The molecule has 0 aliphatic carbocycles. The Morgan fingerprint density at radius 3 is 2.06 bits per heavy atom. The molecular formula is C20H17Cl3N2O5S2. The average molecular weight is 536 g/mol. The molecule has 0 aliphatic rings. The number of anilines is 2. The summed E-state index contributed by atoms with van der Waals surface area (Å²) in [6.45, 7) is 1.74. The predicted octanol–water partition coefficient (Wildman–Crippen LogP) is 5.57. The number of rotatable bonds is 7. The number of hydrogen-bond donors (Lipinski definition) is 2. The van der Waals surface area contributed by atoms with E-state index in [0.717, 1.165) is 0 Å². The van der Waals surface area contributed by atoms with Gasteiger partial charge in [0.05, 0.1) is 22.7 Å².